The van der Waals surface area contributed by atoms with Crippen LogP contribution < -0.4 is 9.47 Å². The maximum Gasteiger partial charge on any atom is 0.162 e. The van der Waals surface area contributed by atoms with Gasteiger partial charge in [0.25, 0.3) is 0 Å². The second kappa shape index (κ2) is 6.78. The van der Waals surface area contributed by atoms with E-state index in [1.165, 1.54) is 15.0 Å². The van der Waals surface area contributed by atoms with Gasteiger partial charge in [-0.15, -0.1) is 11.3 Å². The molecule has 0 unspecified atom stereocenters. The second-order valence-corrected chi connectivity index (χ2v) is 5.41. The van der Waals surface area contributed by atoms with Crippen molar-refractivity contribution in [2.24, 2.45) is 0 Å². The van der Waals surface area contributed by atoms with E-state index in [-0.39, 0.29) is 6.61 Å². The molecule has 2 aromatic rings. The molecule has 19 heavy (non-hydrogen) atoms. The highest BCUT2D eigenvalue weighted by molar-refractivity contribution is 7.19. The lowest BCUT2D eigenvalue weighted by atomic mass is 10.2. The van der Waals surface area contributed by atoms with Gasteiger partial charge in [-0.3, -0.25) is 0 Å². The van der Waals surface area contributed by atoms with Gasteiger partial charge in [-0.1, -0.05) is 0 Å². The molecule has 1 N–H and O–H groups in total. The lowest BCUT2D eigenvalue weighted by Crippen LogP contribution is -1.97. The van der Waals surface area contributed by atoms with Crippen molar-refractivity contribution in [3.05, 3.63) is 23.1 Å². The number of rotatable bonds is 7. The van der Waals surface area contributed by atoms with Gasteiger partial charge in [-0.2, -0.15) is 0 Å². The molecule has 0 bridgehead atoms. The number of aryl methyl sites for hydroxylation is 1. The molecule has 4 heteroatoms. The molecule has 0 aliphatic heterocycles. The van der Waals surface area contributed by atoms with E-state index in [0.717, 1.165) is 24.3 Å². The molecular weight excluding hydrogens is 260 g/mol. The molecule has 2 rings (SSSR count). The summed E-state index contributed by atoms with van der Waals surface area (Å²) in [7, 11) is 0. The fourth-order valence-electron chi connectivity index (χ4n) is 2.02. The number of hydrogen-bond acceptors (Lipinski definition) is 4. The first-order valence-corrected chi connectivity index (χ1v) is 7.53. The molecule has 3 nitrogen and oxygen atoms in total. The van der Waals surface area contributed by atoms with Gasteiger partial charge >= 0.3 is 0 Å². The van der Waals surface area contributed by atoms with Crippen LogP contribution in [0.4, 0.5) is 0 Å². The predicted molar refractivity (Wildman–Crippen MR) is 79.6 cm³/mol. The second-order valence-electron chi connectivity index (χ2n) is 4.24. The Bertz CT molecular complexity index is 490. The molecule has 0 saturated heterocycles. The standard InChI is InChI=1S/C15H20O3S/c1-3-17-13-9-11-8-12(6-5-7-16)19-15(11)10-14(13)18-4-2/h8-10,16H,3-7H2,1-2H3. The topological polar surface area (TPSA) is 38.7 Å². The smallest absolute Gasteiger partial charge is 0.162 e. The van der Waals surface area contributed by atoms with Gasteiger partial charge < -0.3 is 14.6 Å². The molecule has 104 valence electrons. The number of ether oxygens (including phenoxy) is 2. The summed E-state index contributed by atoms with van der Waals surface area (Å²) in [6.07, 6.45) is 1.73. The Morgan fingerprint density at radius 1 is 1.05 bits per heavy atom. The minimum Gasteiger partial charge on any atom is -0.490 e. The lowest BCUT2D eigenvalue weighted by molar-refractivity contribution is 0.288. The zero-order valence-electron chi connectivity index (χ0n) is 11.4. The Balaban J connectivity index is 2.35. The number of thiophene rings is 1. The molecular formula is C15H20O3S. The Labute approximate surface area is 117 Å². The van der Waals surface area contributed by atoms with Gasteiger partial charge in [-0.05, 0) is 44.2 Å². The van der Waals surface area contributed by atoms with E-state index in [0.29, 0.717) is 13.2 Å². The minimum atomic E-state index is 0.239. The first-order valence-electron chi connectivity index (χ1n) is 6.71. The SMILES string of the molecule is CCOc1cc2cc(CCCO)sc2cc1OCC. The van der Waals surface area contributed by atoms with E-state index < -0.39 is 0 Å². The lowest BCUT2D eigenvalue weighted by Gasteiger charge is -2.10. The van der Waals surface area contributed by atoms with E-state index in [1.54, 1.807) is 11.3 Å². The summed E-state index contributed by atoms with van der Waals surface area (Å²) < 4.78 is 12.5. The Morgan fingerprint density at radius 2 is 1.74 bits per heavy atom. The molecule has 1 heterocycles. The van der Waals surface area contributed by atoms with E-state index in [1.807, 2.05) is 19.9 Å². The number of aliphatic hydroxyl groups excluding tert-OH is 1. The third-order valence-electron chi connectivity index (χ3n) is 2.81. The van der Waals surface area contributed by atoms with Gasteiger partial charge in [0.05, 0.1) is 13.2 Å². The van der Waals surface area contributed by atoms with E-state index in [4.69, 9.17) is 14.6 Å². The van der Waals surface area contributed by atoms with Gasteiger partial charge in [0.2, 0.25) is 0 Å². The van der Waals surface area contributed by atoms with Crippen molar-refractivity contribution in [2.45, 2.75) is 26.7 Å². The quantitative estimate of drug-likeness (QED) is 0.842. The molecule has 0 spiro atoms. The third kappa shape index (κ3) is 3.39. The maximum atomic E-state index is 8.90. The highest BCUT2D eigenvalue weighted by atomic mass is 32.1. The van der Waals surface area contributed by atoms with Crippen molar-refractivity contribution < 1.29 is 14.6 Å². The first-order chi connectivity index (χ1) is 9.28. The van der Waals surface area contributed by atoms with Gasteiger partial charge in [-0.25, -0.2) is 0 Å². The number of aliphatic hydroxyl groups is 1. The summed E-state index contributed by atoms with van der Waals surface area (Å²) in [5, 5.41) is 10.1. The normalized spacial score (nSPS) is 10.9. The van der Waals surface area contributed by atoms with E-state index in [2.05, 4.69) is 12.1 Å². The van der Waals surface area contributed by atoms with Crippen LogP contribution in [0.15, 0.2) is 18.2 Å². The van der Waals surface area contributed by atoms with Crippen molar-refractivity contribution in [3.63, 3.8) is 0 Å². The Morgan fingerprint density at radius 3 is 2.37 bits per heavy atom. The van der Waals surface area contributed by atoms with Crippen LogP contribution in [0.2, 0.25) is 0 Å². The van der Waals surface area contributed by atoms with Crippen LogP contribution in [-0.4, -0.2) is 24.9 Å². The molecule has 0 saturated carbocycles. The number of fused-ring (bicyclic) bond motifs is 1. The molecule has 0 radical (unpaired) electrons. The maximum absolute atomic E-state index is 8.90. The zero-order chi connectivity index (χ0) is 13.7. The largest absolute Gasteiger partial charge is 0.490 e. The first kappa shape index (κ1) is 14.2. The highest BCUT2D eigenvalue weighted by Crippen LogP contribution is 2.37. The van der Waals surface area contributed by atoms with Crippen molar-refractivity contribution in [2.75, 3.05) is 19.8 Å². The highest BCUT2D eigenvalue weighted by Gasteiger charge is 2.10. The van der Waals surface area contributed by atoms with Crippen LogP contribution in [0, 0.1) is 0 Å². The predicted octanol–water partition coefficient (Wildman–Crippen LogP) is 3.62. The minimum absolute atomic E-state index is 0.239. The van der Waals surface area contributed by atoms with Crippen LogP contribution in [0.3, 0.4) is 0 Å². The summed E-state index contributed by atoms with van der Waals surface area (Å²) in [6.45, 7) is 5.45. The number of benzene rings is 1. The zero-order valence-corrected chi connectivity index (χ0v) is 12.3. The summed E-state index contributed by atoms with van der Waals surface area (Å²) in [5.41, 5.74) is 0. The Kier molecular flexibility index (Phi) is 5.05. The fourth-order valence-corrected chi connectivity index (χ4v) is 3.13. The summed E-state index contributed by atoms with van der Waals surface area (Å²) in [5.74, 6) is 1.62. The summed E-state index contributed by atoms with van der Waals surface area (Å²) in [6, 6.07) is 6.27. The molecule has 0 atom stereocenters. The molecule has 0 aliphatic rings. The van der Waals surface area contributed by atoms with E-state index in [9.17, 15) is 0 Å². The van der Waals surface area contributed by atoms with Crippen LogP contribution >= 0.6 is 11.3 Å². The van der Waals surface area contributed by atoms with Crippen LogP contribution in [-0.2, 0) is 6.42 Å². The van der Waals surface area contributed by atoms with Gasteiger partial charge in [0.15, 0.2) is 11.5 Å². The molecule has 0 aliphatic carbocycles. The number of hydrogen-bond donors (Lipinski definition) is 1. The van der Waals surface area contributed by atoms with Crippen LogP contribution in [0.1, 0.15) is 25.1 Å². The summed E-state index contributed by atoms with van der Waals surface area (Å²) >= 11 is 1.76. The third-order valence-corrected chi connectivity index (χ3v) is 3.97. The van der Waals surface area contributed by atoms with Crippen LogP contribution in [0.25, 0.3) is 10.1 Å². The average molecular weight is 280 g/mol. The Hall–Kier alpha value is -1.26. The van der Waals surface area contributed by atoms with Crippen molar-refractivity contribution in [3.8, 4) is 11.5 Å². The van der Waals surface area contributed by atoms with Crippen molar-refractivity contribution in [1.29, 1.82) is 0 Å². The van der Waals surface area contributed by atoms with Crippen molar-refractivity contribution in [1.82, 2.24) is 0 Å². The molecule has 1 aromatic carbocycles. The van der Waals surface area contributed by atoms with Gasteiger partial charge in [0, 0.05) is 22.3 Å². The average Bonchev–Trinajstić information content (AvgIpc) is 2.79. The fraction of sp³-hybridized carbons (Fsp3) is 0.467. The monoisotopic (exact) mass is 280 g/mol. The van der Waals surface area contributed by atoms with Gasteiger partial charge in [0.1, 0.15) is 0 Å². The van der Waals surface area contributed by atoms with E-state index >= 15 is 0 Å². The van der Waals surface area contributed by atoms with Crippen molar-refractivity contribution >= 4 is 21.4 Å². The molecule has 0 fully saturated rings. The molecule has 1 aromatic heterocycles. The molecule has 0 amide bonds. The summed E-state index contributed by atoms with van der Waals surface area (Å²) in [4.78, 5) is 1.29. The van der Waals surface area contributed by atoms with Crippen LogP contribution in [0.5, 0.6) is 11.5 Å².